The molecule has 1 aliphatic carbocycles. The van der Waals surface area contributed by atoms with E-state index in [-0.39, 0.29) is 5.91 Å². The molecule has 1 aromatic carbocycles. The topological polar surface area (TPSA) is 68.5 Å². The fraction of sp³-hybridized carbons (Fsp3) is 0.526. The molecule has 1 N–H and O–H groups in total. The Morgan fingerprint density at radius 3 is 2.71 bits per heavy atom. The van der Waals surface area contributed by atoms with Crippen molar-refractivity contribution in [3.8, 4) is 6.07 Å². The van der Waals surface area contributed by atoms with Gasteiger partial charge in [-0.15, -0.1) is 0 Å². The van der Waals surface area contributed by atoms with E-state index in [0.29, 0.717) is 5.96 Å². The predicted octanol–water partition coefficient (Wildman–Crippen LogP) is 2.37. The normalized spacial score (nSPS) is 25.5. The van der Waals surface area contributed by atoms with Gasteiger partial charge >= 0.3 is 0 Å². The first-order valence-electron chi connectivity index (χ1n) is 8.84. The Hall–Kier alpha value is -2.35. The van der Waals surface area contributed by atoms with E-state index in [1.807, 2.05) is 0 Å². The summed E-state index contributed by atoms with van der Waals surface area (Å²) in [5, 5.41) is 12.4. The van der Waals surface area contributed by atoms with Crippen LogP contribution in [0.2, 0.25) is 0 Å². The van der Waals surface area contributed by atoms with Crippen molar-refractivity contribution in [1.82, 2.24) is 10.2 Å². The van der Waals surface area contributed by atoms with Crippen molar-refractivity contribution in [3.05, 3.63) is 35.4 Å². The number of hydrogen-bond donors (Lipinski definition) is 1. The van der Waals surface area contributed by atoms with Crippen LogP contribution in [-0.2, 0) is 17.8 Å². The van der Waals surface area contributed by atoms with Gasteiger partial charge in [0, 0.05) is 13.1 Å². The molecule has 124 valence electrons. The summed E-state index contributed by atoms with van der Waals surface area (Å²) in [6.07, 6.45) is 5.90. The van der Waals surface area contributed by atoms with Crippen LogP contribution in [-0.4, -0.2) is 28.9 Å². The molecular formula is C19H22N4O. The molecule has 1 saturated carbocycles. The molecule has 4 rings (SSSR count). The molecule has 1 spiro atoms. The van der Waals surface area contributed by atoms with Crippen LogP contribution in [0.4, 0.5) is 0 Å². The molecule has 0 saturated heterocycles. The fourth-order valence-corrected chi connectivity index (χ4v) is 4.30. The van der Waals surface area contributed by atoms with Gasteiger partial charge in [-0.3, -0.25) is 10.1 Å². The van der Waals surface area contributed by atoms with E-state index in [1.165, 1.54) is 17.5 Å². The Balaban J connectivity index is 1.66. The quantitative estimate of drug-likeness (QED) is 0.797. The fourth-order valence-electron chi connectivity index (χ4n) is 4.30. The number of guanidine groups is 1. The number of fused-ring (bicyclic) bond motifs is 1. The van der Waals surface area contributed by atoms with Gasteiger partial charge in [-0.25, -0.2) is 4.99 Å². The zero-order valence-corrected chi connectivity index (χ0v) is 13.8. The third kappa shape index (κ3) is 2.47. The Morgan fingerprint density at radius 2 is 1.96 bits per heavy atom. The Morgan fingerprint density at radius 1 is 1.21 bits per heavy atom. The van der Waals surface area contributed by atoms with E-state index in [4.69, 9.17) is 4.99 Å². The molecule has 0 radical (unpaired) electrons. The van der Waals surface area contributed by atoms with Crippen LogP contribution >= 0.6 is 0 Å². The van der Waals surface area contributed by atoms with Crippen LogP contribution < -0.4 is 5.32 Å². The highest BCUT2D eigenvalue weighted by molar-refractivity contribution is 6.02. The highest BCUT2D eigenvalue weighted by Crippen LogP contribution is 2.40. The molecule has 0 unspecified atom stereocenters. The lowest BCUT2D eigenvalue weighted by Crippen LogP contribution is -2.58. The van der Waals surface area contributed by atoms with Gasteiger partial charge in [-0.2, -0.15) is 5.26 Å². The second-order valence-electron chi connectivity index (χ2n) is 7.09. The number of benzene rings is 1. The average molecular weight is 322 g/mol. The first-order chi connectivity index (χ1) is 11.7. The van der Waals surface area contributed by atoms with Crippen LogP contribution in [0.1, 0.15) is 43.2 Å². The van der Waals surface area contributed by atoms with E-state index in [9.17, 15) is 10.1 Å². The molecule has 5 nitrogen and oxygen atoms in total. The monoisotopic (exact) mass is 322 g/mol. The molecule has 0 aromatic heterocycles. The summed E-state index contributed by atoms with van der Waals surface area (Å²) >= 11 is 0. The van der Waals surface area contributed by atoms with Crippen LogP contribution in [0.15, 0.2) is 29.3 Å². The summed E-state index contributed by atoms with van der Waals surface area (Å²) in [6.45, 7) is 1.62. The smallest absolute Gasteiger partial charge is 0.246 e. The van der Waals surface area contributed by atoms with E-state index in [2.05, 4.69) is 40.6 Å². The van der Waals surface area contributed by atoms with Crippen LogP contribution in [0.5, 0.6) is 0 Å². The van der Waals surface area contributed by atoms with Gasteiger partial charge in [0.2, 0.25) is 11.9 Å². The molecule has 24 heavy (non-hydrogen) atoms. The number of amides is 1. The number of carbonyl (C=O) groups is 1. The van der Waals surface area contributed by atoms with Crippen molar-refractivity contribution in [2.75, 3.05) is 6.54 Å². The number of aliphatic imine (C=N–C) groups is 1. The van der Waals surface area contributed by atoms with Gasteiger partial charge in [0.15, 0.2) is 5.92 Å². The second kappa shape index (κ2) is 5.94. The number of rotatable bonds is 0. The second-order valence-corrected chi connectivity index (χ2v) is 7.09. The third-order valence-electron chi connectivity index (χ3n) is 5.64. The minimum absolute atomic E-state index is 0.178. The summed E-state index contributed by atoms with van der Waals surface area (Å²) < 4.78 is 0. The van der Waals surface area contributed by atoms with Crippen LogP contribution in [0.25, 0.3) is 0 Å². The van der Waals surface area contributed by atoms with Crippen molar-refractivity contribution in [2.45, 2.75) is 50.6 Å². The van der Waals surface area contributed by atoms with Gasteiger partial charge in [0.25, 0.3) is 0 Å². The minimum atomic E-state index is -0.654. The average Bonchev–Trinajstić information content (AvgIpc) is 2.62. The van der Waals surface area contributed by atoms with Gasteiger partial charge in [-0.05, 0) is 30.4 Å². The van der Waals surface area contributed by atoms with E-state index in [0.717, 1.165) is 45.2 Å². The summed E-state index contributed by atoms with van der Waals surface area (Å²) in [5.74, 6) is -0.162. The zero-order chi connectivity index (χ0) is 16.6. The van der Waals surface area contributed by atoms with Crippen LogP contribution in [0.3, 0.4) is 0 Å². The molecular weight excluding hydrogens is 300 g/mol. The number of nitriles is 1. The molecule has 1 fully saturated rings. The first-order valence-corrected chi connectivity index (χ1v) is 8.84. The van der Waals surface area contributed by atoms with Crippen molar-refractivity contribution in [1.29, 1.82) is 5.26 Å². The first kappa shape index (κ1) is 15.2. The van der Waals surface area contributed by atoms with E-state index in [1.54, 1.807) is 0 Å². The molecule has 5 heteroatoms. The molecule has 1 aromatic rings. The Kier molecular flexibility index (Phi) is 3.76. The van der Waals surface area contributed by atoms with Crippen LogP contribution in [0, 0.1) is 17.2 Å². The summed E-state index contributed by atoms with van der Waals surface area (Å²) in [4.78, 5) is 19.7. The molecule has 3 aliphatic rings. The summed E-state index contributed by atoms with van der Waals surface area (Å²) in [5.41, 5.74) is 2.15. The molecule has 2 aliphatic heterocycles. The van der Waals surface area contributed by atoms with Crippen molar-refractivity contribution in [3.63, 3.8) is 0 Å². The molecule has 1 amide bonds. The van der Waals surface area contributed by atoms with Crippen molar-refractivity contribution >= 4 is 11.9 Å². The van der Waals surface area contributed by atoms with Crippen molar-refractivity contribution in [2.24, 2.45) is 10.9 Å². The van der Waals surface area contributed by atoms with E-state index >= 15 is 0 Å². The van der Waals surface area contributed by atoms with Gasteiger partial charge in [-0.1, -0.05) is 43.5 Å². The number of nitrogens with one attached hydrogen (secondary N) is 1. The lowest BCUT2D eigenvalue weighted by Gasteiger charge is -2.42. The molecule has 2 heterocycles. The maximum Gasteiger partial charge on any atom is 0.246 e. The summed E-state index contributed by atoms with van der Waals surface area (Å²) in [7, 11) is 0. The predicted molar refractivity (Wildman–Crippen MR) is 91.1 cm³/mol. The molecule has 1 atom stereocenters. The van der Waals surface area contributed by atoms with E-state index < -0.39 is 11.5 Å². The third-order valence-corrected chi connectivity index (χ3v) is 5.64. The number of carbonyl (C=O) groups excluding carboxylic acids is 1. The maximum absolute atomic E-state index is 12.6. The standard InChI is InChI=1S/C19H22N4O/c20-12-16-17(24)21-18(22-19(16)9-4-1-5-10-19)23-11-8-14-6-2-3-7-15(14)13-23/h2-3,6-7,16H,1,4-5,8-11,13H2,(H,21,22,24)/t16-/m1/s1. The van der Waals surface area contributed by atoms with Gasteiger partial charge in [0.05, 0.1) is 11.6 Å². The highest BCUT2D eigenvalue weighted by Gasteiger charge is 2.48. The zero-order valence-electron chi connectivity index (χ0n) is 13.8. The Labute approximate surface area is 142 Å². The highest BCUT2D eigenvalue weighted by atomic mass is 16.2. The SMILES string of the molecule is N#C[C@@H]1C(=O)NC(N2CCc3ccccc3C2)=NC12CCCCC2. The minimum Gasteiger partial charge on any atom is -0.338 e. The molecule has 0 bridgehead atoms. The largest absolute Gasteiger partial charge is 0.338 e. The lowest BCUT2D eigenvalue weighted by molar-refractivity contribution is -0.125. The lowest BCUT2D eigenvalue weighted by atomic mass is 9.72. The Bertz CT molecular complexity index is 727. The number of hydrogen-bond acceptors (Lipinski definition) is 4. The summed E-state index contributed by atoms with van der Waals surface area (Å²) in [6, 6.07) is 10.7. The maximum atomic E-state index is 12.6. The number of nitrogens with zero attached hydrogens (tertiary/aromatic N) is 3. The van der Waals surface area contributed by atoms with Gasteiger partial charge in [0.1, 0.15) is 0 Å². The van der Waals surface area contributed by atoms with Gasteiger partial charge < -0.3 is 4.90 Å². The van der Waals surface area contributed by atoms with Crippen molar-refractivity contribution < 1.29 is 4.79 Å².